The summed E-state index contributed by atoms with van der Waals surface area (Å²) >= 11 is 0. The molecule has 0 spiro atoms. The Morgan fingerprint density at radius 1 is 1.14 bits per heavy atom. The van der Waals surface area contributed by atoms with Crippen molar-refractivity contribution in [3.8, 4) is 0 Å². The third kappa shape index (κ3) is 4.81. The number of benzene rings is 2. The number of nitrogens with zero attached hydrogens (tertiary/aromatic N) is 1. The number of rotatable bonds is 6. The van der Waals surface area contributed by atoms with Gasteiger partial charge in [-0.05, 0) is 42.3 Å². The molecule has 0 atom stereocenters. The zero-order chi connectivity index (χ0) is 21.2. The first-order valence-electron chi connectivity index (χ1n) is 8.64. The maximum absolute atomic E-state index is 12.4. The van der Waals surface area contributed by atoms with Gasteiger partial charge in [0.15, 0.2) is 0 Å². The van der Waals surface area contributed by atoms with E-state index in [4.69, 9.17) is 5.14 Å². The molecule has 0 saturated carbocycles. The number of nitrogens with one attached hydrogen (secondary N) is 1. The van der Waals surface area contributed by atoms with Crippen LogP contribution in [0, 0.1) is 0 Å². The molecule has 1 saturated heterocycles. The summed E-state index contributed by atoms with van der Waals surface area (Å²) in [5.41, 5.74) is 1.17. The minimum absolute atomic E-state index is 0.00788. The molecule has 0 unspecified atom stereocenters. The predicted molar refractivity (Wildman–Crippen MR) is 106 cm³/mol. The Balaban J connectivity index is 1.64. The van der Waals surface area contributed by atoms with Crippen LogP contribution in [0.2, 0.25) is 0 Å². The molecule has 29 heavy (non-hydrogen) atoms. The van der Waals surface area contributed by atoms with Gasteiger partial charge in [0, 0.05) is 18.5 Å². The van der Waals surface area contributed by atoms with E-state index in [1.807, 2.05) is 0 Å². The van der Waals surface area contributed by atoms with Crippen LogP contribution >= 0.6 is 0 Å². The molecule has 11 heteroatoms. The molecule has 9 nitrogen and oxygen atoms in total. The highest BCUT2D eigenvalue weighted by atomic mass is 32.2. The third-order valence-electron chi connectivity index (χ3n) is 4.37. The lowest BCUT2D eigenvalue weighted by atomic mass is 10.1. The van der Waals surface area contributed by atoms with E-state index in [1.54, 1.807) is 12.1 Å². The van der Waals surface area contributed by atoms with Crippen molar-refractivity contribution in [2.45, 2.75) is 17.7 Å². The molecule has 154 valence electrons. The Morgan fingerprint density at radius 2 is 1.83 bits per heavy atom. The molecule has 0 aliphatic carbocycles. The highest BCUT2D eigenvalue weighted by Gasteiger charge is 2.36. The molecule has 2 amide bonds. The first-order chi connectivity index (χ1) is 13.6. The average Bonchev–Trinajstić information content (AvgIpc) is 2.94. The summed E-state index contributed by atoms with van der Waals surface area (Å²) in [7, 11) is -7.45. The summed E-state index contributed by atoms with van der Waals surface area (Å²) < 4.78 is 47.3. The molecule has 0 aromatic heterocycles. The van der Waals surface area contributed by atoms with Gasteiger partial charge >= 0.3 is 0 Å². The van der Waals surface area contributed by atoms with Crippen molar-refractivity contribution in [2.75, 3.05) is 16.6 Å². The van der Waals surface area contributed by atoms with E-state index in [9.17, 15) is 26.4 Å². The van der Waals surface area contributed by atoms with Crippen molar-refractivity contribution < 1.29 is 26.4 Å². The second-order valence-electron chi connectivity index (χ2n) is 6.47. The van der Waals surface area contributed by atoms with Gasteiger partial charge in [0.05, 0.1) is 16.3 Å². The lowest BCUT2D eigenvalue weighted by Crippen LogP contribution is -2.30. The zero-order valence-electron chi connectivity index (χ0n) is 15.2. The zero-order valence-corrected chi connectivity index (χ0v) is 16.9. The summed E-state index contributed by atoms with van der Waals surface area (Å²) in [6.45, 7) is 0.277. The number of carbonyl (C=O) groups excluding carboxylic acids is 2. The quantitative estimate of drug-likeness (QED) is 0.668. The molecule has 1 aliphatic rings. The van der Waals surface area contributed by atoms with E-state index in [1.165, 1.54) is 36.4 Å². The van der Waals surface area contributed by atoms with E-state index in [0.717, 1.165) is 9.87 Å². The van der Waals surface area contributed by atoms with Crippen LogP contribution in [0.25, 0.3) is 0 Å². The Bertz CT molecular complexity index is 1160. The SMILES string of the molecule is NS(=O)(=O)c1ccc(CCNC(=O)c2cccc(N3C(=O)CCS3(=O)=O)c2)cc1. The Labute approximate surface area is 168 Å². The predicted octanol–water partition coefficient (Wildman–Crippen LogP) is 0.373. The first-order valence-corrected chi connectivity index (χ1v) is 11.8. The molecule has 1 aliphatic heterocycles. The highest BCUT2D eigenvalue weighted by Crippen LogP contribution is 2.25. The molecule has 2 aromatic carbocycles. The van der Waals surface area contributed by atoms with Crippen LogP contribution in [-0.2, 0) is 31.3 Å². The molecule has 1 fully saturated rings. The van der Waals surface area contributed by atoms with Crippen molar-refractivity contribution in [1.82, 2.24) is 5.32 Å². The number of hydrogen-bond donors (Lipinski definition) is 2. The largest absolute Gasteiger partial charge is 0.352 e. The topological polar surface area (TPSA) is 144 Å². The van der Waals surface area contributed by atoms with Gasteiger partial charge in [-0.1, -0.05) is 18.2 Å². The minimum atomic E-state index is -3.75. The van der Waals surface area contributed by atoms with Crippen molar-refractivity contribution in [1.29, 1.82) is 0 Å². The van der Waals surface area contributed by atoms with Crippen LogP contribution in [0.5, 0.6) is 0 Å². The number of sulfonamides is 2. The van der Waals surface area contributed by atoms with Gasteiger partial charge in [0.25, 0.3) is 5.91 Å². The smallest absolute Gasteiger partial charge is 0.251 e. The summed E-state index contributed by atoms with van der Waals surface area (Å²) in [4.78, 5) is 24.3. The first kappa shape index (κ1) is 21.0. The van der Waals surface area contributed by atoms with E-state index in [0.29, 0.717) is 6.42 Å². The van der Waals surface area contributed by atoms with Crippen molar-refractivity contribution in [3.63, 3.8) is 0 Å². The molecular formula is C18H19N3O6S2. The normalized spacial score (nSPS) is 16.0. The van der Waals surface area contributed by atoms with Crippen LogP contribution in [0.4, 0.5) is 5.69 Å². The van der Waals surface area contributed by atoms with Gasteiger partial charge in [-0.3, -0.25) is 9.59 Å². The number of amides is 2. The van der Waals surface area contributed by atoms with Gasteiger partial charge in [-0.15, -0.1) is 0 Å². The van der Waals surface area contributed by atoms with Gasteiger partial charge in [0.1, 0.15) is 0 Å². The molecule has 2 aromatic rings. The van der Waals surface area contributed by atoms with Gasteiger partial charge in [-0.2, -0.15) is 0 Å². The molecule has 0 radical (unpaired) electrons. The number of hydrogen-bond acceptors (Lipinski definition) is 6. The van der Waals surface area contributed by atoms with E-state index >= 15 is 0 Å². The summed E-state index contributed by atoms with van der Waals surface area (Å²) in [5, 5.41) is 7.75. The maximum atomic E-state index is 12.4. The summed E-state index contributed by atoms with van der Waals surface area (Å²) in [6, 6.07) is 11.9. The summed E-state index contributed by atoms with van der Waals surface area (Å²) in [6.07, 6.45) is 0.373. The fourth-order valence-corrected chi connectivity index (χ4v) is 4.88. The fourth-order valence-electron chi connectivity index (χ4n) is 2.91. The van der Waals surface area contributed by atoms with E-state index in [2.05, 4.69) is 5.32 Å². The molecule has 3 N–H and O–H groups in total. The maximum Gasteiger partial charge on any atom is 0.251 e. The van der Waals surface area contributed by atoms with Gasteiger partial charge < -0.3 is 5.32 Å². The Hall–Kier alpha value is -2.76. The summed E-state index contributed by atoms with van der Waals surface area (Å²) in [5.74, 6) is -1.19. The van der Waals surface area contributed by atoms with Crippen molar-refractivity contribution >= 4 is 37.5 Å². The van der Waals surface area contributed by atoms with Crippen molar-refractivity contribution in [2.24, 2.45) is 5.14 Å². The lowest BCUT2D eigenvalue weighted by Gasteiger charge is -2.15. The van der Waals surface area contributed by atoms with E-state index < -0.39 is 31.9 Å². The second kappa shape index (κ2) is 7.93. The standard InChI is InChI=1S/C18H19N3O6S2/c19-29(26,27)16-6-4-13(5-7-16)8-10-20-18(23)14-2-1-3-15(12-14)21-17(22)9-11-28(21,24)25/h1-7,12H,8-11H2,(H,20,23)(H2,19,26,27). The van der Waals surface area contributed by atoms with Gasteiger partial charge in [0.2, 0.25) is 26.0 Å². The Morgan fingerprint density at radius 3 is 2.41 bits per heavy atom. The van der Waals surface area contributed by atoms with E-state index in [-0.39, 0.29) is 34.9 Å². The number of carbonyl (C=O) groups is 2. The highest BCUT2D eigenvalue weighted by molar-refractivity contribution is 7.94. The fraction of sp³-hybridized carbons (Fsp3) is 0.222. The molecule has 3 rings (SSSR count). The monoisotopic (exact) mass is 437 g/mol. The van der Waals surface area contributed by atoms with Crippen LogP contribution in [-0.4, -0.2) is 40.9 Å². The van der Waals surface area contributed by atoms with Crippen LogP contribution < -0.4 is 14.8 Å². The molecule has 0 bridgehead atoms. The Kier molecular flexibility index (Phi) is 5.73. The van der Waals surface area contributed by atoms with Crippen LogP contribution in [0.1, 0.15) is 22.3 Å². The van der Waals surface area contributed by atoms with Crippen LogP contribution in [0.3, 0.4) is 0 Å². The van der Waals surface area contributed by atoms with Crippen LogP contribution in [0.15, 0.2) is 53.4 Å². The number of nitrogens with two attached hydrogens (primary N) is 1. The average molecular weight is 437 g/mol. The molecular weight excluding hydrogens is 418 g/mol. The lowest BCUT2D eigenvalue weighted by molar-refractivity contribution is -0.116. The number of anilines is 1. The van der Waals surface area contributed by atoms with Crippen molar-refractivity contribution in [3.05, 3.63) is 59.7 Å². The number of primary sulfonamides is 1. The van der Waals surface area contributed by atoms with Gasteiger partial charge in [-0.25, -0.2) is 26.3 Å². The molecule has 1 heterocycles. The minimum Gasteiger partial charge on any atom is -0.352 e. The third-order valence-corrected chi connectivity index (χ3v) is 6.99. The second-order valence-corrected chi connectivity index (χ2v) is 9.97.